The lowest BCUT2D eigenvalue weighted by Gasteiger charge is -2.17. The minimum atomic E-state index is 0.544. The summed E-state index contributed by atoms with van der Waals surface area (Å²) in [4.78, 5) is 14.8. The summed E-state index contributed by atoms with van der Waals surface area (Å²) in [5.41, 5.74) is 6.35. The van der Waals surface area contributed by atoms with E-state index in [2.05, 4.69) is 81.5 Å². The van der Waals surface area contributed by atoms with E-state index < -0.39 is 0 Å². The molecule has 5 aromatic rings. The normalized spacial score (nSPS) is 11.2. The van der Waals surface area contributed by atoms with Gasteiger partial charge in [-0.15, -0.1) is 0 Å². The first-order chi connectivity index (χ1) is 17.7. The van der Waals surface area contributed by atoms with Crippen LogP contribution in [0, 0.1) is 0 Å². The van der Waals surface area contributed by atoms with E-state index in [1.54, 1.807) is 6.33 Å². The van der Waals surface area contributed by atoms with E-state index >= 15 is 0 Å². The lowest BCUT2D eigenvalue weighted by Crippen LogP contribution is -2.21. The molecule has 6 heteroatoms. The molecule has 0 atom stereocenters. The standard InChI is InChI=1S/C30H31N5O/c1-3-35(4-2)19-22-10-12-24(13-11-22)28-18-27-29(31-21-32-30(27)34-28)33-25-14-16-26(17-15-25)36-20-23-8-6-5-7-9-23/h5-18,21H,3-4,19-20H2,1-2H3,(H2,31,32,33,34). The Bertz CT molecular complexity index is 1390. The fraction of sp³-hybridized carbons (Fsp3) is 0.200. The third kappa shape index (κ3) is 5.56. The maximum atomic E-state index is 5.90. The summed E-state index contributed by atoms with van der Waals surface area (Å²) in [6.07, 6.45) is 1.58. The Morgan fingerprint density at radius 1 is 0.833 bits per heavy atom. The molecule has 0 aliphatic heterocycles. The molecule has 0 amide bonds. The molecule has 6 nitrogen and oxygen atoms in total. The van der Waals surface area contributed by atoms with E-state index in [4.69, 9.17) is 4.74 Å². The van der Waals surface area contributed by atoms with Crippen molar-refractivity contribution in [1.82, 2.24) is 19.9 Å². The van der Waals surface area contributed by atoms with Crippen LogP contribution >= 0.6 is 0 Å². The van der Waals surface area contributed by atoms with Crippen LogP contribution in [0.15, 0.2) is 91.3 Å². The smallest absolute Gasteiger partial charge is 0.143 e. The summed E-state index contributed by atoms with van der Waals surface area (Å²) >= 11 is 0. The second-order valence-corrected chi connectivity index (χ2v) is 8.75. The van der Waals surface area contributed by atoms with E-state index in [0.717, 1.165) is 64.7 Å². The zero-order valence-electron chi connectivity index (χ0n) is 20.7. The minimum Gasteiger partial charge on any atom is -0.489 e. The van der Waals surface area contributed by atoms with Gasteiger partial charge in [-0.05, 0) is 60.1 Å². The number of H-pyrrole nitrogens is 1. The summed E-state index contributed by atoms with van der Waals surface area (Å²) in [5, 5.41) is 4.37. The highest BCUT2D eigenvalue weighted by Gasteiger charge is 2.10. The molecular weight excluding hydrogens is 446 g/mol. The molecule has 0 radical (unpaired) electrons. The Labute approximate surface area is 212 Å². The molecule has 0 aliphatic carbocycles. The fourth-order valence-electron chi connectivity index (χ4n) is 4.20. The molecule has 2 N–H and O–H groups in total. The number of hydrogen-bond acceptors (Lipinski definition) is 5. The molecule has 0 fully saturated rings. The van der Waals surface area contributed by atoms with E-state index in [1.165, 1.54) is 5.56 Å². The van der Waals surface area contributed by atoms with Crippen molar-refractivity contribution < 1.29 is 4.74 Å². The van der Waals surface area contributed by atoms with Crippen LogP contribution in [0.5, 0.6) is 5.75 Å². The molecule has 5 rings (SSSR count). The monoisotopic (exact) mass is 477 g/mol. The van der Waals surface area contributed by atoms with Crippen molar-refractivity contribution in [2.24, 2.45) is 0 Å². The van der Waals surface area contributed by atoms with Gasteiger partial charge >= 0.3 is 0 Å². The predicted molar refractivity (Wildman–Crippen MR) is 146 cm³/mol. The molecule has 3 aromatic carbocycles. The highest BCUT2D eigenvalue weighted by Crippen LogP contribution is 2.29. The summed E-state index contributed by atoms with van der Waals surface area (Å²) < 4.78 is 5.90. The van der Waals surface area contributed by atoms with Crippen molar-refractivity contribution in [1.29, 1.82) is 0 Å². The quantitative estimate of drug-likeness (QED) is 0.232. The second-order valence-electron chi connectivity index (χ2n) is 8.75. The van der Waals surface area contributed by atoms with Crippen LogP contribution < -0.4 is 10.1 Å². The van der Waals surface area contributed by atoms with Gasteiger partial charge in [0.2, 0.25) is 0 Å². The summed E-state index contributed by atoms with van der Waals surface area (Å²) in [6, 6.07) is 28.9. The number of nitrogens with zero attached hydrogens (tertiary/aromatic N) is 3. The predicted octanol–water partition coefficient (Wildman–Crippen LogP) is 6.79. The largest absolute Gasteiger partial charge is 0.489 e. The van der Waals surface area contributed by atoms with Gasteiger partial charge < -0.3 is 15.0 Å². The first-order valence-corrected chi connectivity index (χ1v) is 12.4. The van der Waals surface area contributed by atoms with Gasteiger partial charge in [-0.25, -0.2) is 9.97 Å². The van der Waals surface area contributed by atoms with E-state index in [0.29, 0.717) is 6.61 Å². The minimum absolute atomic E-state index is 0.544. The van der Waals surface area contributed by atoms with Crippen LogP contribution in [-0.4, -0.2) is 32.9 Å². The van der Waals surface area contributed by atoms with Gasteiger partial charge in [0.1, 0.15) is 30.1 Å². The highest BCUT2D eigenvalue weighted by molar-refractivity contribution is 5.92. The molecule has 2 heterocycles. The highest BCUT2D eigenvalue weighted by atomic mass is 16.5. The molecule has 2 aromatic heterocycles. The van der Waals surface area contributed by atoms with Crippen LogP contribution in [0.2, 0.25) is 0 Å². The second kappa shape index (κ2) is 11.1. The van der Waals surface area contributed by atoms with Crippen molar-refractivity contribution >= 4 is 22.5 Å². The number of ether oxygens (including phenoxy) is 1. The number of nitrogens with one attached hydrogen (secondary N) is 2. The molecule has 0 spiro atoms. The number of aromatic nitrogens is 3. The molecule has 0 saturated carbocycles. The van der Waals surface area contributed by atoms with Crippen molar-refractivity contribution in [3.8, 4) is 17.0 Å². The Balaban J connectivity index is 1.29. The number of rotatable bonds is 10. The summed E-state index contributed by atoms with van der Waals surface area (Å²) in [7, 11) is 0. The van der Waals surface area contributed by atoms with Crippen LogP contribution in [0.3, 0.4) is 0 Å². The average Bonchev–Trinajstić information content (AvgIpc) is 3.38. The van der Waals surface area contributed by atoms with Gasteiger partial charge in [0, 0.05) is 17.9 Å². The lowest BCUT2D eigenvalue weighted by atomic mass is 10.1. The molecule has 0 aliphatic rings. The number of fused-ring (bicyclic) bond motifs is 1. The molecule has 36 heavy (non-hydrogen) atoms. The molecular formula is C30H31N5O. The lowest BCUT2D eigenvalue weighted by molar-refractivity contribution is 0.296. The van der Waals surface area contributed by atoms with Crippen LogP contribution in [-0.2, 0) is 13.2 Å². The number of benzene rings is 3. The zero-order valence-corrected chi connectivity index (χ0v) is 20.7. The van der Waals surface area contributed by atoms with Gasteiger partial charge in [0.15, 0.2) is 0 Å². The van der Waals surface area contributed by atoms with Crippen molar-refractivity contribution in [2.45, 2.75) is 27.0 Å². The van der Waals surface area contributed by atoms with Crippen molar-refractivity contribution in [3.05, 3.63) is 102 Å². The molecule has 0 unspecified atom stereocenters. The first kappa shape index (κ1) is 23.6. The van der Waals surface area contributed by atoms with Gasteiger partial charge in [0.25, 0.3) is 0 Å². The Morgan fingerprint density at radius 2 is 1.58 bits per heavy atom. The summed E-state index contributed by atoms with van der Waals surface area (Å²) in [5.74, 6) is 1.59. The van der Waals surface area contributed by atoms with E-state index in [1.807, 2.05) is 42.5 Å². The van der Waals surface area contributed by atoms with Gasteiger partial charge in [-0.2, -0.15) is 0 Å². The number of aromatic amines is 1. The molecule has 182 valence electrons. The van der Waals surface area contributed by atoms with Crippen molar-refractivity contribution in [3.63, 3.8) is 0 Å². The average molecular weight is 478 g/mol. The first-order valence-electron chi connectivity index (χ1n) is 12.4. The van der Waals surface area contributed by atoms with E-state index in [-0.39, 0.29) is 0 Å². The maximum absolute atomic E-state index is 5.90. The summed E-state index contributed by atoms with van der Waals surface area (Å²) in [6.45, 7) is 8.01. The maximum Gasteiger partial charge on any atom is 0.143 e. The third-order valence-corrected chi connectivity index (χ3v) is 6.36. The van der Waals surface area contributed by atoms with Gasteiger partial charge in [0.05, 0.1) is 5.39 Å². The SMILES string of the molecule is CCN(CC)Cc1ccc(-c2cc3c(Nc4ccc(OCc5ccccc5)cc4)ncnc3[nH]2)cc1. The van der Waals surface area contributed by atoms with Crippen LogP contribution in [0.25, 0.3) is 22.3 Å². The van der Waals surface area contributed by atoms with Gasteiger partial charge in [-0.1, -0.05) is 68.4 Å². The Morgan fingerprint density at radius 3 is 2.31 bits per heavy atom. The number of anilines is 2. The third-order valence-electron chi connectivity index (χ3n) is 6.36. The topological polar surface area (TPSA) is 66.1 Å². The van der Waals surface area contributed by atoms with E-state index in [9.17, 15) is 0 Å². The van der Waals surface area contributed by atoms with Crippen LogP contribution in [0.4, 0.5) is 11.5 Å². The van der Waals surface area contributed by atoms with Crippen LogP contribution in [0.1, 0.15) is 25.0 Å². The molecule has 0 saturated heterocycles. The van der Waals surface area contributed by atoms with Gasteiger partial charge in [-0.3, -0.25) is 4.90 Å². The zero-order chi connectivity index (χ0) is 24.7. The fourth-order valence-corrected chi connectivity index (χ4v) is 4.20. The Hall–Kier alpha value is -4.16. The molecule has 0 bridgehead atoms. The number of hydrogen-bond donors (Lipinski definition) is 2. The van der Waals surface area contributed by atoms with Crippen molar-refractivity contribution in [2.75, 3.05) is 18.4 Å². The Kier molecular flexibility index (Phi) is 7.24.